The van der Waals surface area contributed by atoms with E-state index in [2.05, 4.69) is 10.2 Å². The number of H-pyrrole nitrogens is 1. The third-order valence-corrected chi connectivity index (χ3v) is 4.77. The van der Waals surface area contributed by atoms with Gasteiger partial charge in [0.05, 0.1) is 11.6 Å². The second-order valence-corrected chi connectivity index (χ2v) is 6.44. The Hall–Kier alpha value is -2.34. The van der Waals surface area contributed by atoms with E-state index in [1.807, 2.05) is 12.1 Å². The summed E-state index contributed by atoms with van der Waals surface area (Å²) in [5.74, 6) is -1.60. The summed E-state index contributed by atoms with van der Waals surface area (Å²) in [6.45, 7) is 2.34. The van der Waals surface area contributed by atoms with Crippen LogP contribution in [-0.4, -0.2) is 44.7 Å². The molecule has 2 N–H and O–H groups in total. The molecule has 2 heterocycles. The maximum atomic E-state index is 12.7. The Morgan fingerprint density at radius 3 is 2.71 bits per heavy atom. The molecule has 1 aromatic carbocycles. The van der Waals surface area contributed by atoms with E-state index < -0.39 is 11.9 Å². The molecule has 0 unspecified atom stereocenters. The molecule has 0 spiro atoms. The SMILES string of the molecule is C[C@@H]1[C@H](C(=O)O)CCCN1C(=O)c1cc(-c2ccc(Cl)cc2)n[nH]1. The molecular formula is C17H18ClN3O3. The van der Waals surface area contributed by atoms with Crippen molar-refractivity contribution < 1.29 is 14.7 Å². The summed E-state index contributed by atoms with van der Waals surface area (Å²) < 4.78 is 0. The van der Waals surface area contributed by atoms with E-state index in [0.717, 1.165) is 5.56 Å². The Balaban J connectivity index is 1.80. The molecule has 1 saturated heterocycles. The summed E-state index contributed by atoms with van der Waals surface area (Å²) in [6.07, 6.45) is 1.28. The largest absolute Gasteiger partial charge is 0.481 e. The number of carboxylic acid groups (broad SMARTS) is 1. The fraction of sp³-hybridized carbons (Fsp3) is 0.353. The summed E-state index contributed by atoms with van der Waals surface area (Å²) >= 11 is 5.87. The molecule has 3 rings (SSSR count). The Labute approximate surface area is 144 Å². The van der Waals surface area contributed by atoms with Gasteiger partial charge in [0, 0.05) is 23.2 Å². The van der Waals surface area contributed by atoms with E-state index in [9.17, 15) is 14.7 Å². The molecule has 7 heteroatoms. The normalized spacial score (nSPS) is 20.8. The molecule has 0 saturated carbocycles. The van der Waals surface area contributed by atoms with E-state index in [1.54, 1.807) is 30.0 Å². The number of piperidine rings is 1. The number of rotatable bonds is 3. The molecular weight excluding hydrogens is 330 g/mol. The number of aliphatic carboxylic acids is 1. The number of hydrogen-bond acceptors (Lipinski definition) is 3. The summed E-state index contributed by atoms with van der Waals surface area (Å²) in [5.41, 5.74) is 1.86. The number of carbonyl (C=O) groups excluding carboxylic acids is 1. The van der Waals surface area contributed by atoms with Crippen molar-refractivity contribution in [3.63, 3.8) is 0 Å². The average molecular weight is 348 g/mol. The van der Waals surface area contributed by atoms with Crippen LogP contribution in [0.2, 0.25) is 5.02 Å². The van der Waals surface area contributed by atoms with Crippen molar-refractivity contribution in [3.05, 3.63) is 41.0 Å². The summed E-state index contributed by atoms with van der Waals surface area (Å²) in [4.78, 5) is 25.6. The third kappa shape index (κ3) is 3.14. The van der Waals surface area contributed by atoms with E-state index >= 15 is 0 Å². The van der Waals surface area contributed by atoms with Gasteiger partial charge in [0.2, 0.25) is 0 Å². The number of nitrogens with one attached hydrogen (secondary N) is 1. The summed E-state index contributed by atoms with van der Waals surface area (Å²) in [5, 5.41) is 16.9. The lowest BCUT2D eigenvalue weighted by atomic mass is 9.90. The molecule has 0 bridgehead atoms. The number of aromatic nitrogens is 2. The van der Waals surface area contributed by atoms with Crippen LogP contribution in [0.15, 0.2) is 30.3 Å². The van der Waals surface area contributed by atoms with E-state index in [-0.39, 0.29) is 11.9 Å². The number of halogens is 1. The first-order chi connectivity index (χ1) is 11.5. The zero-order valence-electron chi connectivity index (χ0n) is 13.2. The average Bonchev–Trinajstić information content (AvgIpc) is 3.05. The van der Waals surface area contributed by atoms with Gasteiger partial charge < -0.3 is 10.0 Å². The van der Waals surface area contributed by atoms with E-state index in [1.165, 1.54) is 0 Å². The minimum absolute atomic E-state index is 0.221. The van der Waals surface area contributed by atoms with Crippen molar-refractivity contribution in [2.75, 3.05) is 6.54 Å². The lowest BCUT2D eigenvalue weighted by Crippen LogP contribution is -2.49. The highest BCUT2D eigenvalue weighted by atomic mass is 35.5. The van der Waals surface area contributed by atoms with Crippen LogP contribution in [0.3, 0.4) is 0 Å². The van der Waals surface area contributed by atoms with Gasteiger partial charge in [0.25, 0.3) is 5.91 Å². The van der Waals surface area contributed by atoms with Gasteiger partial charge in [-0.05, 0) is 38.0 Å². The third-order valence-electron chi connectivity index (χ3n) is 4.51. The maximum Gasteiger partial charge on any atom is 0.308 e. The maximum absolute atomic E-state index is 12.7. The van der Waals surface area contributed by atoms with Crippen molar-refractivity contribution in [1.29, 1.82) is 0 Å². The summed E-state index contributed by atoms with van der Waals surface area (Å²) in [6, 6.07) is 8.52. The predicted molar refractivity (Wildman–Crippen MR) is 89.9 cm³/mol. The highest BCUT2D eigenvalue weighted by Crippen LogP contribution is 2.26. The number of nitrogens with zero attached hydrogens (tertiary/aromatic N) is 2. The van der Waals surface area contributed by atoms with Gasteiger partial charge in [-0.2, -0.15) is 5.10 Å². The van der Waals surface area contributed by atoms with Crippen LogP contribution in [0.1, 0.15) is 30.3 Å². The number of likely N-dealkylation sites (tertiary alicyclic amines) is 1. The molecule has 1 aromatic heterocycles. The number of aromatic amines is 1. The lowest BCUT2D eigenvalue weighted by molar-refractivity contribution is -0.144. The number of carboxylic acids is 1. The van der Waals surface area contributed by atoms with Crippen LogP contribution in [0, 0.1) is 5.92 Å². The van der Waals surface area contributed by atoms with Crippen LogP contribution in [0.5, 0.6) is 0 Å². The van der Waals surface area contributed by atoms with Crippen LogP contribution in [-0.2, 0) is 4.79 Å². The molecule has 126 valence electrons. The van der Waals surface area contributed by atoms with Gasteiger partial charge in [0.1, 0.15) is 5.69 Å². The van der Waals surface area contributed by atoms with Crippen molar-refractivity contribution in [1.82, 2.24) is 15.1 Å². The molecule has 6 nitrogen and oxygen atoms in total. The molecule has 0 aliphatic carbocycles. The standard InChI is InChI=1S/C17H18ClN3O3/c1-10-13(17(23)24)3-2-8-21(10)16(22)15-9-14(19-20-15)11-4-6-12(18)7-5-11/h4-7,9-10,13H,2-3,8H2,1H3,(H,19,20)(H,23,24)/t10-,13-/m1/s1. The molecule has 2 atom stereocenters. The second kappa shape index (κ2) is 6.65. The predicted octanol–water partition coefficient (Wildman–Crippen LogP) is 3.06. The Morgan fingerprint density at radius 1 is 1.33 bits per heavy atom. The number of benzene rings is 1. The van der Waals surface area contributed by atoms with Gasteiger partial charge in [-0.15, -0.1) is 0 Å². The minimum atomic E-state index is -0.855. The highest BCUT2D eigenvalue weighted by molar-refractivity contribution is 6.30. The fourth-order valence-electron chi connectivity index (χ4n) is 3.11. The Morgan fingerprint density at radius 2 is 2.04 bits per heavy atom. The first-order valence-electron chi connectivity index (χ1n) is 7.82. The van der Waals surface area contributed by atoms with Crippen LogP contribution in [0.25, 0.3) is 11.3 Å². The monoisotopic (exact) mass is 347 g/mol. The first-order valence-corrected chi connectivity index (χ1v) is 8.20. The van der Waals surface area contributed by atoms with Crippen LogP contribution >= 0.6 is 11.6 Å². The van der Waals surface area contributed by atoms with Crippen LogP contribution < -0.4 is 0 Å². The van der Waals surface area contributed by atoms with Gasteiger partial charge in [-0.3, -0.25) is 14.7 Å². The van der Waals surface area contributed by atoms with Gasteiger partial charge in [-0.1, -0.05) is 23.7 Å². The molecule has 24 heavy (non-hydrogen) atoms. The van der Waals surface area contributed by atoms with E-state index in [4.69, 9.17) is 11.6 Å². The number of carbonyl (C=O) groups is 2. The zero-order valence-corrected chi connectivity index (χ0v) is 14.0. The molecule has 1 fully saturated rings. The van der Waals surface area contributed by atoms with Crippen LogP contribution in [0.4, 0.5) is 0 Å². The summed E-state index contributed by atoms with van der Waals surface area (Å²) in [7, 11) is 0. The van der Waals surface area contributed by atoms with Crippen molar-refractivity contribution >= 4 is 23.5 Å². The molecule has 2 aromatic rings. The van der Waals surface area contributed by atoms with Crippen molar-refractivity contribution in [2.45, 2.75) is 25.8 Å². The smallest absolute Gasteiger partial charge is 0.308 e. The van der Waals surface area contributed by atoms with Gasteiger partial charge >= 0.3 is 5.97 Å². The van der Waals surface area contributed by atoms with E-state index in [0.29, 0.717) is 35.8 Å². The van der Waals surface area contributed by atoms with Gasteiger partial charge in [-0.25, -0.2) is 0 Å². The highest BCUT2D eigenvalue weighted by Gasteiger charge is 2.36. The lowest BCUT2D eigenvalue weighted by Gasteiger charge is -2.37. The zero-order chi connectivity index (χ0) is 17.3. The Kier molecular flexibility index (Phi) is 4.57. The molecule has 0 radical (unpaired) electrons. The topological polar surface area (TPSA) is 86.3 Å². The second-order valence-electron chi connectivity index (χ2n) is 6.00. The minimum Gasteiger partial charge on any atom is -0.481 e. The number of amides is 1. The quantitative estimate of drug-likeness (QED) is 0.893. The van der Waals surface area contributed by atoms with Gasteiger partial charge in [0.15, 0.2) is 0 Å². The first kappa shape index (κ1) is 16.5. The molecule has 1 amide bonds. The molecule has 1 aliphatic heterocycles. The fourth-order valence-corrected chi connectivity index (χ4v) is 3.24. The number of hydrogen-bond donors (Lipinski definition) is 2. The molecule has 1 aliphatic rings. The van der Waals surface area contributed by atoms with Crippen molar-refractivity contribution in [3.8, 4) is 11.3 Å². The Bertz CT molecular complexity index is 757. The van der Waals surface area contributed by atoms with Crippen molar-refractivity contribution in [2.24, 2.45) is 5.92 Å².